The molecule has 4 rings (SSSR count). The first-order valence-electron chi connectivity index (χ1n) is 14.6. The van der Waals surface area contributed by atoms with Gasteiger partial charge in [-0.3, -0.25) is 0 Å². The Morgan fingerprint density at radius 2 is 1.31 bits per heavy atom. The number of allylic oxidation sites excluding steroid dienone is 2. The van der Waals surface area contributed by atoms with E-state index in [4.69, 9.17) is 0 Å². The summed E-state index contributed by atoms with van der Waals surface area (Å²) < 4.78 is 0. The lowest BCUT2D eigenvalue weighted by molar-refractivity contribution is 0.304. The Morgan fingerprint density at radius 1 is 0.714 bits per heavy atom. The first kappa shape index (κ1) is 25.8. The molecule has 2 fully saturated rings. The van der Waals surface area contributed by atoms with Crippen molar-refractivity contribution in [3.63, 3.8) is 0 Å². The average Bonchev–Trinajstić information content (AvgIpc) is 2.92. The third-order valence-electron chi connectivity index (χ3n) is 8.62. The molecule has 0 aromatic heterocycles. The molecule has 0 amide bonds. The molecule has 2 aliphatic carbocycles. The first-order valence-corrected chi connectivity index (χ1v) is 14.6. The van der Waals surface area contributed by atoms with Crippen molar-refractivity contribution in [3.05, 3.63) is 82.9 Å². The number of aryl methyl sites for hydroxylation is 1. The standard InChI is InChI=1S/C35H46/c1-3-5-9-29-14-22-33(23-15-29)35-26-18-31(19-27-35)11-7-6-10-30-16-24-34(25-17-30)32-20-12-28(8-4-2)13-21-32/h6,10,12-13,18-21,26-27,29-30,33-34H,3-5,8-9,14-17,22-25H2,1-2H3/b10-6+. The number of benzene rings is 2. The highest BCUT2D eigenvalue weighted by atomic mass is 14.3. The molecule has 2 aromatic rings. The first-order chi connectivity index (χ1) is 17.2. The SMILES string of the molecule is CCCCC1CCC(c2ccc(C#C/C=C/C3CCC(c4ccc(CCC)cc4)CC3)cc2)CC1. The van der Waals surface area contributed by atoms with E-state index in [1.807, 2.05) is 0 Å². The van der Waals surface area contributed by atoms with Crippen LogP contribution in [0.5, 0.6) is 0 Å². The Labute approximate surface area is 215 Å². The van der Waals surface area contributed by atoms with E-state index < -0.39 is 0 Å². The van der Waals surface area contributed by atoms with Crippen LogP contribution in [0.2, 0.25) is 0 Å². The van der Waals surface area contributed by atoms with Gasteiger partial charge in [0.1, 0.15) is 0 Å². The highest BCUT2D eigenvalue weighted by molar-refractivity contribution is 5.39. The molecule has 0 spiro atoms. The highest BCUT2D eigenvalue weighted by Gasteiger charge is 2.22. The van der Waals surface area contributed by atoms with Gasteiger partial charge in [0.15, 0.2) is 0 Å². The number of rotatable bonds is 8. The summed E-state index contributed by atoms with van der Waals surface area (Å²) in [7, 11) is 0. The van der Waals surface area contributed by atoms with Crippen molar-refractivity contribution in [2.45, 2.75) is 109 Å². The highest BCUT2D eigenvalue weighted by Crippen LogP contribution is 2.38. The van der Waals surface area contributed by atoms with Gasteiger partial charge < -0.3 is 0 Å². The Balaban J connectivity index is 1.20. The minimum Gasteiger partial charge on any atom is -0.0730 e. The van der Waals surface area contributed by atoms with E-state index in [1.165, 1.54) is 94.6 Å². The topological polar surface area (TPSA) is 0 Å². The van der Waals surface area contributed by atoms with Crippen molar-refractivity contribution in [3.8, 4) is 11.8 Å². The molecule has 0 saturated heterocycles. The zero-order valence-corrected chi connectivity index (χ0v) is 22.3. The molecule has 0 nitrogen and oxygen atoms in total. The molecule has 0 atom stereocenters. The van der Waals surface area contributed by atoms with Crippen LogP contribution in [0.1, 0.15) is 125 Å². The van der Waals surface area contributed by atoms with Gasteiger partial charge in [-0.25, -0.2) is 0 Å². The van der Waals surface area contributed by atoms with Crippen LogP contribution in [0, 0.1) is 23.7 Å². The van der Waals surface area contributed by atoms with Crippen LogP contribution in [0.15, 0.2) is 60.7 Å². The van der Waals surface area contributed by atoms with Gasteiger partial charge in [-0.2, -0.15) is 0 Å². The van der Waals surface area contributed by atoms with E-state index in [-0.39, 0.29) is 0 Å². The molecular formula is C35H46. The third kappa shape index (κ3) is 7.87. The molecule has 0 heterocycles. The summed E-state index contributed by atoms with van der Waals surface area (Å²) in [6, 6.07) is 18.6. The van der Waals surface area contributed by atoms with Crippen molar-refractivity contribution < 1.29 is 0 Å². The van der Waals surface area contributed by atoms with E-state index in [0.717, 1.165) is 23.3 Å². The summed E-state index contributed by atoms with van der Waals surface area (Å²) in [6.07, 6.45) is 21.8. The second-order valence-corrected chi connectivity index (χ2v) is 11.2. The lowest BCUT2D eigenvalue weighted by Crippen LogP contribution is -2.13. The Morgan fingerprint density at radius 3 is 1.91 bits per heavy atom. The van der Waals surface area contributed by atoms with Gasteiger partial charge in [0.05, 0.1) is 0 Å². The number of hydrogen-bond donors (Lipinski definition) is 0. The molecule has 0 heteroatoms. The fourth-order valence-electron chi connectivity index (χ4n) is 6.32. The molecule has 0 unspecified atom stereocenters. The molecule has 186 valence electrons. The number of unbranched alkanes of at least 4 members (excludes halogenated alkanes) is 1. The summed E-state index contributed by atoms with van der Waals surface area (Å²) in [5.41, 5.74) is 5.69. The lowest BCUT2D eigenvalue weighted by Gasteiger charge is -2.28. The molecule has 0 aliphatic heterocycles. The third-order valence-corrected chi connectivity index (χ3v) is 8.62. The Hall–Kier alpha value is -2.26. The van der Waals surface area contributed by atoms with Gasteiger partial charge in [0.2, 0.25) is 0 Å². The smallest absolute Gasteiger partial charge is 0.0249 e. The van der Waals surface area contributed by atoms with Crippen LogP contribution in [0.3, 0.4) is 0 Å². The quantitative estimate of drug-likeness (QED) is 0.339. The van der Waals surface area contributed by atoms with Crippen LogP contribution in [0.25, 0.3) is 0 Å². The van der Waals surface area contributed by atoms with Crippen molar-refractivity contribution in [1.82, 2.24) is 0 Å². The minimum absolute atomic E-state index is 0.690. The summed E-state index contributed by atoms with van der Waals surface area (Å²) >= 11 is 0. The molecular weight excluding hydrogens is 420 g/mol. The maximum atomic E-state index is 3.36. The molecule has 0 bridgehead atoms. The average molecular weight is 467 g/mol. The van der Waals surface area contributed by atoms with Gasteiger partial charge in [0.25, 0.3) is 0 Å². The van der Waals surface area contributed by atoms with Crippen LogP contribution in [-0.4, -0.2) is 0 Å². The lowest BCUT2D eigenvalue weighted by atomic mass is 9.77. The van der Waals surface area contributed by atoms with E-state index in [9.17, 15) is 0 Å². The molecule has 35 heavy (non-hydrogen) atoms. The van der Waals surface area contributed by atoms with E-state index >= 15 is 0 Å². The summed E-state index contributed by atoms with van der Waals surface area (Å²) in [6.45, 7) is 4.56. The predicted molar refractivity (Wildman–Crippen MR) is 152 cm³/mol. The van der Waals surface area contributed by atoms with Crippen LogP contribution < -0.4 is 0 Å². The monoisotopic (exact) mass is 466 g/mol. The number of hydrogen-bond acceptors (Lipinski definition) is 0. The maximum absolute atomic E-state index is 3.36. The molecule has 0 radical (unpaired) electrons. The van der Waals surface area contributed by atoms with Crippen molar-refractivity contribution in [2.75, 3.05) is 0 Å². The predicted octanol–water partition coefficient (Wildman–Crippen LogP) is 9.98. The fraction of sp³-hybridized carbons (Fsp3) is 0.543. The van der Waals surface area contributed by atoms with E-state index in [1.54, 1.807) is 5.56 Å². The van der Waals surface area contributed by atoms with Gasteiger partial charge in [-0.1, -0.05) is 93.8 Å². The van der Waals surface area contributed by atoms with Gasteiger partial charge in [-0.05, 0) is 116 Å². The normalized spacial score (nSPS) is 24.7. The Bertz CT molecular complexity index is 949. The van der Waals surface area contributed by atoms with Crippen LogP contribution >= 0.6 is 0 Å². The molecule has 2 aromatic carbocycles. The second-order valence-electron chi connectivity index (χ2n) is 11.2. The fourth-order valence-corrected chi connectivity index (χ4v) is 6.32. The van der Waals surface area contributed by atoms with Gasteiger partial charge in [0, 0.05) is 5.56 Å². The molecule has 2 aliphatic rings. The summed E-state index contributed by atoms with van der Waals surface area (Å²) in [5.74, 6) is 9.84. The largest absolute Gasteiger partial charge is 0.0730 e. The van der Waals surface area contributed by atoms with Gasteiger partial charge >= 0.3 is 0 Å². The molecule has 2 saturated carbocycles. The second kappa shape index (κ2) is 13.7. The van der Waals surface area contributed by atoms with Crippen LogP contribution in [-0.2, 0) is 6.42 Å². The minimum atomic E-state index is 0.690. The Kier molecular flexibility index (Phi) is 10.1. The van der Waals surface area contributed by atoms with Gasteiger partial charge in [-0.15, -0.1) is 0 Å². The van der Waals surface area contributed by atoms with E-state index in [2.05, 4.69) is 86.4 Å². The maximum Gasteiger partial charge on any atom is 0.0249 e. The molecule has 0 N–H and O–H groups in total. The van der Waals surface area contributed by atoms with Crippen LogP contribution in [0.4, 0.5) is 0 Å². The van der Waals surface area contributed by atoms with Crippen molar-refractivity contribution in [1.29, 1.82) is 0 Å². The van der Waals surface area contributed by atoms with Crippen molar-refractivity contribution >= 4 is 0 Å². The van der Waals surface area contributed by atoms with E-state index in [0.29, 0.717) is 5.92 Å². The zero-order valence-electron chi connectivity index (χ0n) is 22.3. The summed E-state index contributed by atoms with van der Waals surface area (Å²) in [4.78, 5) is 0. The van der Waals surface area contributed by atoms with Crippen molar-refractivity contribution in [2.24, 2.45) is 11.8 Å². The zero-order chi connectivity index (χ0) is 24.3. The summed E-state index contributed by atoms with van der Waals surface area (Å²) in [5, 5.41) is 0.